The second-order valence-corrected chi connectivity index (χ2v) is 4.58. The average Bonchev–Trinajstić information content (AvgIpc) is 3.16. The summed E-state index contributed by atoms with van der Waals surface area (Å²) in [6, 6.07) is 4.78. The van der Waals surface area contributed by atoms with Crippen LogP contribution >= 0.6 is 0 Å². The highest BCUT2D eigenvalue weighted by atomic mass is 19.3. The lowest BCUT2D eigenvalue weighted by Crippen LogP contribution is -2.08. The van der Waals surface area contributed by atoms with Crippen molar-refractivity contribution in [2.45, 2.75) is 18.8 Å². The Morgan fingerprint density at radius 2 is 2.24 bits per heavy atom. The average molecular weight is 297 g/mol. The molecular formula is C13H13F2N3O3. The molecule has 0 bridgehead atoms. The van der Waals surface area contributed by atoms with E-state index in [0.717, 1.165) is 6.42 Å². The monoisotopic (exact) mass is 297 g/mol. The predicted octanol–water partition coefficient (Wildman–Crippen LogP) is 2.28. The van der Waals surface area contributed by atoms with Gasteiger partial charge in [-0.15, -0.1) is 0 Å². The van der Waals surface area contributed by atoms with Crippen molar-refractivity contribution in [2.75, 3.05) is 19.8 Å². The van der Waals surface area contributed by atoms with Crippen LogP contribution in [-0.2, 0) is 4.74 Å². The first kappa shape index (κ1) is 13.9. The van der Waals surface area contributed by atoms with Gasteiger partial charge in [0.05, 0.1) is 6.61 Å². The zero-order valence-electron chi connectivity index (χ0n) is 11.0. The van der Waals surface area contributed by atoms with E-state index in [1.807, 2.05) is 0 Å². The summed E-state index contributed by atoms with van der Waals surface area (Å²) in [5.41, 5.74) is 0.388. The van der Waals surface area contributed by atoms with Crippen molar-refractivity contribution >= 4 is 0 Å². The molecule has 0 aliphatic carbocycles. The first-order valence-electron chi connectivity index (χ1n) is 6.52. The van der Waals surface area contributed by atoms with Crippen LogP contribution in [0.4, 0.5) is 8.78 Å². The van der Waals surface area contributed by atoms with Crippen LogP contribution in [0.1, 0.15) is 18.2 Å². The molecule has 0 N–H and O–H groups in total. The van der Waals surface area contributed by atoms with Crippen molar-refractivity contribution in [1.29, 1.82) is 0 Å². The number of hydrogen-bond donors (Lipinski definition) is 0. The molecule has 1 aliphatic heterocycles. The first-order valence-corrected chi connectivity index (χ1v) is 6.52. The van der Waals surface area contributed by atoms with E-state index >= 15 is 0 Å². The van der Waals surface area contributed by atoms with Crippen LogP contribution < -0.4 is 4.74 Å². The minimum Gasteiger partial charge on any atom is -0.472 e. The van der Waals surface area contributed by atoms with E-state index in [1.54, 1.807) is 12.1 Å². The number of ether oxygens (including phenoxy) is 2. The fourth-order valence-electron chi connectivity index (χ4n) is 2.01. The number of rotatable bonds is 5. The maximum atomic E-state index is 12.1. The molecule has 21 heavy (non-hydrogen) atoms. The van der Waals surface area contributed by atoms with Gasteiger partial charge in [-0.3, -0.25) is 0 Å². The smallest absolute Gasteiger partial charge is 0.276 e. The Morgan fingerprint density at radius 1 is 1.33 bits per heavy atom. The molecule has 3 heterocycles. The highest BCUT2D eigenvalue weighted by Gasteiger charge is 2.23. The summed E-state index contributed by atoms with van der Waals surface area (Å²) in [6.45, 7) is 0.554. The molecule has 1 aliphatic rings. The third-order valence-corrected chi connectivity index (χ3v) is 3.04. The first-order chi connectivity index (χ1) is 10.2. The predicted molar refractivity (Wildman–Crippen MR) is 67.2 cm³/mol. The standard InChI is InChI=1S/C13H13F2N3O3/c14-10(15)7-20-11-3-1-2-9(16-11)13-17-12(18-21-13)8-4-5-19-6-8/h1-3,8,10H,4-7H2. The molecule has 1 fully saturated rings. The molecule has 0 aromatic carbocycles. The van der Waals surface area contributed by atoms with Crippen LogP contribution in [0.2, 0.25) is 0 Å². The molecule has 0 spiro atoms. The Morgan fingerprint density at radius 3 is 3.00 bits per heavy atom. The minimum atomic E-state index is -2.55. The summed E-state index contributed by atoms with van der Waals surface area (Å²) >= 11 is 0. The van der Waals surface area contributed by atoms with Crippen LogP contribution in [0.5, 0.6) is 5.88 Å². The summed E-state index contributed by atoms with van der Waals surface area (Å²) < 4.78 is 39.5. The maximum Gasteiger partial charge on any atom is 0.276 e. The lowest BCUT2D eigenvalue weighted by atomic mass is 10.1. The Hall–Kier alpha value is -2.09. The van der Waals surface area contributed by atoms with Crippen molar-refractivity contribution in [1.82, 2.24) is 15.1 Å². The second-order valence-electron chi connectivity index (χ2n) is 4.58. The highest BCUT2D eigenvalue weighted by Crippen LogP contribution is 2.25. The zero-order valence-corrected chi connectivity index (χ0v) is 11.0. The van der Waals surface area contributed by atoms with Gasteiger partial charge in [0.15, 0.2) is 12.4 Å². The van der Waals surface area contributed by atoms with E-state index in [2.05, 4.69) is 15.1 Å². The molecule has 112 valence electrons. The van der Waals surface area contributed by atoms with Gasteiger partial charge in [0.25, 0.3) is 12.3 Å². The number of alkyl halides is 2. The second kappa shape index (κ2) is 6.13. The summed E-state index contributed by atoms with van der Waals surface area (Å²) in [6.07, 6.45) is -1.70. The normalized spacial score (nSPS) is 18.3. The van der Waals surface area contributed by atoms with Gasteiger partial charge < -0.3 is 14.0 Å². The van der Waals surface area contributed by atoms with Crippen molar-refractivity contribution in [3.63, 3.8) is 0 Å². The molecule has 1 atom stereocenters. The lowest BCUT2D eigenvalue weighted by Gasteiger charge is -2.04. The zero-order chi connectivity index (χ0) is 14.7. The molecule has 1 unspecified atom stereocenters. The van der Waals surface area contributed by atoms with Gasteiger partial charge in [0, 0.05) is 18.6 Å². The molecule has 2 aromatic heterocycles. The molecule has 0 saturated carbocycles. The Labute approximate surface area is 119 Å². The third kappa shape index (κ3) is 3.33. The van der Waals surface area contributed by atoms with Crippen molar-refractivity contribution < 1.29 is 22.8 Å². The van der Waals surface area contributed by atoms with Crippen molar-refractivity contribution in [3.8, 4) is 17.5 Å². The van der Waals surface area contributed by atoms with Crippen LogP contribution in [0.3, 0.4) is 0 Å². The van der Waals surface area contributed by atoms with Gasteiger partial charge >= 0.3 is 0 Å². The topological polar surface area (TPSA) is 70.3 Å². The van der Waals surface area contributed by atoms with Gasteiger partial charge in [-0.1, -0.05) is 11.2 Å². The maximum absolute atomic E-state index is 12.1. The van der Waals surface area contributed by atoms with E-state index in [1.165, 1.54) is 6.07 Å². The molecular weight excluding hydrogens is 284 g/mol. The highest BCUT2D eigenvalue weighted by molar-refractivity contribution is 5.47. The van der Waals surface area contributed by atoms with Crippen molar-refractivity contribution in [3.05, 3.63) is 24.0 Å². The van der Waals surface area contributed by atoms with E-state index in [0.29, 0.717) is 24.7 Å². The van der Waals surface area contributed by atoms with Crippen LogP contribution in [0.15, 0.2) is 22.7 Å². The number of pyridine rings is 1. The molecule has 0 radical (unpaired) electrons. The number of aromatic nitrogens is 3. The molecule has 6 nitrogen and oxygen atoms in total. The number of halogens is 2. The van der Waals surface area contributed by atoms with E-state index < -0.39 is 13.0 Å². The van der Waals surface area contributed by atoms with Gasteiger partial charge in [-0.2, -0.15) is 4.98 Å². The Balaban J connectivity index is 1.75. The van der Waals surface area contributed by atoms with Crippen molar-refractivity contribution in [2.24, 2.45) is 0 Å². The van der Waals surface area contributed by atoms with Crippen LogP contribution in [-0.4, -0.2) is 41.4 Å². The minimum absolute atomic E-state index is 0.0942. The summed E-state index contributed by atoms with van der Waals surface area (Å²) in [7, 11) is 0. The fraction of sp³-hybridized carbons (Fsp3) is 0.462. The SMILES string of the molecule is FC(F)COc1cccc(-c2nc(C3CCOC3)no2)n1. The van der Waals surface area contributed by atoms with Gasteiger partial charge in [0.2, 0.25) is 5.88 Å². The van der Waals surface area contributed by atoms with Crippen LogP contribution in [0.25, 0.3) is 11.6 Å². The molecule has 1 saturated heterocycles. The molecule has 0 amide bonds. The molecule has 8 heteroatoms. The van der Waals surface area contributed by atoms with Gasteiger partial charge in [-0.05, 0) is 12.5 Å². The van der Waals surface area contributed by atoms with E-state index in [9.17, 15) is 8.78 Å². The van der Waals surface area contributed by atoms with E-state index in [-0.39, 0.29) is 17.7 Å². The summed E-state index contributed by atoms with van der Waals surface area (Å²) in [5, 5.41) is 3.91. The summed E-state index contributed by atoms with van der Waals surface area (Å²) in [4.78, 5) is 8.35. The number of hydrogen-bond acceptors (Lipinski definition) is 6. The quantitative estimate of drug-likeness (QED) is 0.843. The van der Waals surface area contributed by atoms with Gasteiger partial charge in [0.1, 0.15) is 5.69 Å². The van der Waals surface area contributed by atoms with E-state index in [4.69, 9.17) is 14.0 Å². The largest absolute Gasteiger partial charge is 0.472 e. The van der Waals surface area contributed by atoms with Crippen LogP contribution in [0, 0.1) is 0 Å². The van der Waals surface area contributed by atoms with Gasteiger partial charge in [-0.25, -0.2) is 13.8 Å². The fourth-order valence-corrected chi connectivity index (χ4v) is 2.01. The third-order valence-electron chi connectivity index (χ3n) is 3.04. The number of nitrogens with zero attached hydrogens (tertiary/aromatic N) is 3. The Kier molecular flexibility index (Phi) is 4.05. The molecule has 2 aromatic rings. The molecule has 3 rings (SSSR count). The lowest BCUT2D eigenvalue weighted by molar-refractivity contribution is 0.0796. The summed E-state index contributed by atoms with van der Waals surface area (Å²) in [5.74, 6) is 1.03. The Bertz CT molecular complexity index is 600.